The Balaban J connectivity index is 1.69. The highest BCUT2D eigenvalue weighted by molar-refractivity contribution is 5.30. The summed E-state index contributed by atoms with van der Waals surface area (Å²) in [6.45, 7) is 1.66. The van der Waals surface area contributed by atoms with Gasteiger partial charge in [0.05, 0.1) is 6.61 Å². The Morgan fingerprint density at radius 1 is 1.46 bits per heavy atom. The van der Waals surface area contributed by atoms with E-state index in [1.807, 2.05) is 0 Å². The first-order chi connectivity index (χ1) is 6.40. The molecular weight excluding hydrogens is 164 g/mol. The van der Waals surface area contributed by atoms with Gasteiger partial charge in [-0.1, -0.05) is 18.2 Å². The van der Waals surface area contributed by atoms with Crippen molar-refractivity contribution in [1.82, 2.24) is 0 Å². The number of hydrogen-bond acceptors (Lipinski definition) is 2. The predicted molar refractivity (Wildman–Crippen MR) is 51.3 cm³/mol. The fourth-order valence-corrected chi connectivity index (χ4v) is 2.04. The van der Waals surface area contributed by atoms with E-state index >= 15 is 0 Å². The van der Waals surface area contributed by atoms with Crippen LogP contribution in [0.25, 0.3) is 0 Å². The first-order valence-electron chi connectivity index (χ1n) is 4.97. The molecule has 0 aromatic heterocycles. The summed E-state index contributed by atoms with van der Waals surface area (Å²) in [5.74, 6) is 1.33. The summed E-state index contributed by atoms with van der Waals surface area (Å²) in [7, 11) is 0. The topological polar surface area (TPSA) is 29.5 Å². The third-order valence-corrected chi connectivity index (χ3v) is 2.74. The molecule has 2 aliphatic rings. The third-order valence-electron chi connectivity index (χ3n) is 2.74. The van der Waals surface area contributed by atoms with Crippen molar-refractivity contribution >= 4 is 0 Å². The van der Waals surface area contributed by atoms with Crippen LogP contribution in [0.1, 0.15) is 12.8 Å². The lowest BCUT2D eigenvalue weighted by atomic mass is 10.0. The Labute approximate surface area is 78.9 Å². The Hall–Kier alpha value is -0.600. The molecule has 0 radical (unpaired) electrons. The van der Waals surface area contributed by atoms with Gasteiger partial charge in [0.2, 0.25) is 0 Å². The summed E-state index contributed by atoms with van der Waals surface area (Å²) >= 11 is 0. The van der Waals surface area contributed by atoms with Crippen LogP contribution in [-0.2, 0) is 4.74 Å². The van der Waals surface area contributed by atoms with Gasteiger partial charge >= 0.3 is 0 Å². The van der Waals surface area contributed by atoms with Gasteiger partial charge in [-0.25, -0.2) is 0 Å². The van der Waals surface area contributed by atoms with Crippen molar-refractivity contribution in [1.29, 1.82) is 0 Å². The van der Waals surface area contributed by atoms with Crippen LogP contribution >= 0.6 is 0 Å². The van der Waals surface area contributed by atoms with E-state index in [0.29, 0.717) is 18.4 Å². The minimum absolute atomic E-state index is 0.227. The van der Waals surface area contributed by atoms with Gasteiger partial charge in [0.15, 0.2) is 0 Å². The maximum absolute atomic E-state index is 8.56. The predicted octanol–water partition coefficient (Wildman–Crippen LogP) is 1.52. The Kier molecular flexibility index (Phi) is 2.81. The van der Waals surface area contributed by atoms with Gasteiger partial charge in [-0.3, -0.25) is 0 Å². The molecule has 2 heteroatoms. The quantitative estimate of drug-likeness (QED) is 0.513. The van der Waals surface area contributed by atoms with Crippen molar-refractivity contribution in [2.45, 2.75) is 12.8 Å². The molecule has 1 N–H and O–H groups in total. The lowest BCUT2D eigenvalue weighted by Crippen LogP contribution is -2.05. The van der Waals surface area contributed by atoms with Gasteiger partial charge in [-0.2, -0.15) is 0 Å². The summed E-state index contributed by atoms with van der Waals surface area (Å²) in [4.78, 5) is 0. The zero-order valence-corrected chi connectivity index (χ0v) is 7.78. The van der Waals surface area contributed by atoms with E-state index in [4.69, 9.17) is 9.84 Å². The molecule has 2 unspecified atom stereocenters. The molecule has 2 bridgehead atoms. The second-order valence-corrected chi connectivity index (χ2v) is 3.76. The fraction of sp³-hybridized carbons (Fsp3) is 0.636. The van der Waals surface area contributed by atoms with Crippen molar-refractivity contribution in [2.75, 3.05) is 19.8 Å². The fourth-order valence-electron chi connectivity index (χ4n) is 2.04. The minimum atomic E-state index is 0.227. The van der Waals surface area contributed by atoms with E-state index in [1.165, 1.54) is 12.0 Å². The van der Waals surface area contributed by atoms with Crippen molar-refractivity contribution < 1.29 is 9.84 Å². The molecule has 0 saturated heterocycles. The molecule has 2 atom stereocenters. The van der Waals surface area contributed by atoms with E-state index in [2.05, 4.69) is 18.2 Å². The van der Waals surface area contributed by atoms with Crippen LogP contribution in [0.15, 0.2) is 23.8 Å². The summed E-state index contributed by atoms with van der Waals surface area (Å²) in [5.41, 5.74) is 1.44. The number of fused-ring (bicyclic) bond motifs is 2. The van der Waals surface area contributed by atoms with Crippen LogP contribution in [0.5, 0.6) is 0 Å². The molecule has 0 aliphatic heterocycles. The van der Waals surface area contributed by atoms with Crippen molar-refractivity contribution in [3.63, 3.8) is 0 Å². The highest BCUT2D eigenvalue weighted by Crippen LogP contribution is 2.38. The molecule has 0 spiro atoms. The molecule has 72 valence electrons. The second-order valence-electron chi connectivity index (χ2n) is 3.76. The third kappa shape index (κ3) is 2.01. The maximum Gasteiger partial charge on any atom is 0.0682 e. The maximum atomic E-state index is 8.56. The van der Waals surface area contributed by atoms with Crippen molar-refractivity contribution in [3.05, 3.63) is 23.8 Å². The molecule has 0 aromatic rings. The monoisotopic (exact) mass is 180 g/mol. The summed E-state index contributed by atoms with van der Waals surface area (Å²) in [6, 6.07) is 0. The average Bonchev–Trinajstić information content (AvgIpc) is 2.73. The van der Waals surface area contributed by atoms with Crippen LogP contribution in [0.4, 0.5) is 0 Å². The summed E-state index contributed by atoms with van der Waals surface area (Å²) in [6.07, 6.45) is 8.90. The highest BCUT2D eigenvalue weighted by Gasteiger charge is 2.27. The first-order valence-corrected chi connectivity index (χ1v) is 4.97. The molecule has 2 aliphatic carbocycles. The number of hydrogen-bond donors (Lipinski definition) is 1. The van der Waals surface area contributed by atoms with Crippen LogP contribution in [-0.4, -0.2) is 24.9 Å². The van der Waals surface area contributed by atoms with E-state index in [1.54, 1.807) is 0 Å². The standard InChI is InChI=1S/C11H16O2/c12-4-1-5-13-8-11-7-9-2-3-10(11)6-9/h2-3,7,9-10,12H,1,4-6,8H2. The number of aliphatic hydroxyl groups is 1. The van der Waals surface area contributed by atoms with Gasteiger partial charge in [-0.15, -0.1) is 0 Å². The minimum Gasteiger partial charge on any atom is -0.396 e. The Bertz CT molecular complexity index is 230. The van der Waals surface area contributed by atoms with Crippen LogP contribution in [0, 0.1) is 11.8 Å². The van der Waals surface area contributed by atoms with Crippen molar-refractivity contribution in [2.24, 2.45) is 11.8 Å². The molecule has 0 fully saturated rings. The SMILES string of the molecule is OCCCOCC1=CC2C=CC1C2. The zero-order valence-electron chi connectivity index (χ0n) is 7.78. The van der Waals surface area contributed by atoms with Gasteiger partial charge in [0.1, 0.15) is 0 Å². The molecule has 0 amide bonds. The largest absolute Gasteiger partial charge is 0.396 e. The molecule has 0 aromatic carbocycles. The number of aliphatic hydroxyl groups excluding tert-OH is 1. The van der Waals surface area contributed by atoms with Gasteiger partial charge in [0, 0.05) is 19.1 Å². The van der Waals surface area contributed by atoms with E-state index < -0.39 is 0 Å². The molecule has 0 heterocycles. The van der Waals surface area contributed by atoms with Crippen LogP contribution < -0.4 is 0 Å². The Morgan fingerprint density at radius 3 is 3.00 bits per heavy atom. The van der Waals surface area contributed by atoms with Crippen LogP contribution in [0.2, 0.25) is 0 Å². The molecule has 2 rings (SSSR count). The normalized spacial score (nSPS) is 29.8. The zero-order chi connectivity index (χ0) is 9.10. The smallest absolute Gasteiger partial charge is 0.0682 e. The second kappa shape index (κ2) is 4.07. The highest BCUT2D eigenvalue weighted by atomic mass is 16.5. The summed E-state index contributed by atoms with van der Waals surface area (Å²) < 4.78 is 5.45. The van der Waals surface area contributed by atoms with Gasteiger partial charge in [0.25, 0.3) is 0 Å². The Morgan fingerprint density at radius 2 is 2.38 bits per heavy atom. The first kappa shape index (κ1) is 8.97. The molecular formula is C11H16O2. The van der Waals surface area contributed by atoms with Crippen molar-refractivity contribution in [3.8, 4) is 0 Å². The van der Waals surface area contributed by atoms with Gasteiger partial charge < -0.3 is 9.84 Å². The van der Waals surface area contributed by atoms with Crippen LogP contribution in [0.3, 0.4) is 0 Å². The van der Waals surface area contributed by atoms with E-state index in [0.717, 1.165) is 13.0 Å². The molecule has 2 nitrogen and oxygen atoms in total. The average molecular weight is 180 g/mol. The molecule has 13 heavy (non-hydrogen) atoms. The number of allylic oxidation sites excluding steroid dienone is 3. The lowest BCUT2D eigenvalue weighted by Gasteiger charge is -2.09. The summed E-state index contributed by atoms with van der Waals surface area (Å²) in [5, 5.41) is 8.56. The number of ether oxygens (including phenoxy) is 1. The molecule has 0 saturated carbocycles. The van der Waals surface area contributed by atoms with E-state index in [9.17, 15) is 0 Å². The van der Waals surface area contributed by atoms with E-state index in [-0.39, 0.29) is 6.61 Å². The number of rotatable bonds is 5. The van der Waals surface area contributed by atoms with Gasteiger partial charge in [-0.05, 0) is 24.3 Å². The lowest BCUT2D eigenvalue weighted by molar-refractivity contribution is 0.131.